The van der Waals surface area contributed by atoms with Gasteiger partial charge in [0.1, 0.15) is 11.6 Å². The van der Waals surface area contributed by atoms with Crippen molar-refractivity contribution >= 4 is 11.9 Å². The van der Waals surface area contributed by atoms with Crippen molar-refractivity contribution in [3.63, 3.8) is 0 Å². The first kappa shape index (κ1) is 13.7. The van der Waals surface area contributed by atoms with E-state index in [1.54, 1.807) is 0 Å². The Hall–Kier alpha value is -2.32. The summed E-state index contributed by atoms with van der Waals surface area (Å²) in [5, 5.41) is 0. The molecule has 0 aliphatic carbocycles. The van der Waals surface area contributed by atoms with Crippen LogP contribution in [0.1, 0.15) is 10.4 Å². The lowest BCUT2D eigenvalue weighted by Crippen LogP contribution is -2.24. The molecule has 5 nitrogen and oxygen atoms in total. The predicted molar refractivity (Wildman–Crippen MR) is 53.2 cm³/mol. The van der Waals surface area contributed by atoms with Gasteiger partial charge in [-0.05, 0) is 12.1 Å². The van der Waals surface area contributed by atoms with Crippen LogP contribution in [0.15, 0.2) is 23.2 Å². The predicted octanol–water partition coefficient (Wildman–Crippen LogP) is 1.14. The zero-order chi connectivity index (χ0) is 13.9. The molecule has 9 heteroatoms. The summed E-state index contributed by atoms with van der Waals surface area (Å²) in [5.74, 6) is -3.71. The third-order valence-corrected chi connectivity index (χ3v) is 1.64. The molecule has 0 aromatic heterocycles. The van der Waals surface area contributed by atoms with Crippen molar-refractivity contribution in [3.05, 3.63) is 29.6 Å². The molecule has 0 spiro atoms. The highest BCUT2D eigenvalue weighted by atomic mass is 19.4. The third-order valence-electron chi connectivity index (χ3n) is 1.64. The molecule has 98 valence electrons. The molecule has 0 heterocycles. The Labute approximate surface area is 98.0 Å². The van der Waals surface area contributed by atoms with E-state index in [1.165, 1.54) is 0 Å². The molecule has 0 saturated carbocycles. The highest BCUT2D eigenvalue weighted by molar-refractivity contribution is 6.02. The number of hydrogen-bond acceptors (Lipinski definition) is 2. The summed E-state index contributed by atoms with van der Waals surface area (Å²) in [7, 11) is 0. The average molecular weight is 265 g/mol. The molecule has 18 heavy (non-hydrogen) atoms. The first-order chi connectivity index (χ1) is 8.19. The summed E-state index contributed by atoms with van der Waals surface area (Å²) < 4.78 is 52.3. The highest BCUT2D eigenvalue weighted by Crippen LogP contribution is 2.24. The minimum Gasteiger partial charge on any atom is -0.406 e. The van der Waals surface area contributed by atoms with Gasteiger partial charge in [-0.2, -0.15) is 4.99 Å². The van der Waals surface area contributed by atoms with Crippen molar-refractivity contribution in [2.45, 2.75) is 6.36 Å². The Morgan fingerprint density at radius 3 is 2.33 bits per heavy atom. The lowest BCUT2D eigenvalue weighted by Gasteiger charge is -2.09. The van der Waals surface area contributed by atoms with Crippen LogP contribution in [0.25, 0.3) is 0 Å². The van der Waals surface area contributed by atoms with Crippen molar-refractivity contribution in [3.8, 4) is 5.75 Å². The molecule has 0 fully saturated rings. The number of benzene rings is 1. The van der Waals surface area contributed by atoms with E-state index < -0.39 is 35.4 Å². The Kier molecular flexibility index (Phi) is 3.74. The van der Waals surface area contributed by atoms with Gasteiger partial charge in [-0.3, -0.25) is 4.79 Å². The van der Waals surface area contributed by atoms with E-state index in [0.717, 1.165) is 12.1 Å². The summed E-state index contributed by atoms with van der Waals surface area (Å²) in [6.45, 7) is 0. The number of nitrogens with zero attached hydrogens (tertiary/aromatic N) is 1. The van der Waals surface area contributed by atoms with Crippen LogP contribution in [0.3, 0.4) is 0 Å². The largest absolute Gasteiger partial charge is 0.573 e. The van der Waals surface area contributed by atoms with Crippen molar-refractivity contribution < 1.29 is 27.1 Å². The minimum absolute atomic E-state index is 0.406. The van der Waals surface area contributed by atoms with E-state index in [2.05, 4.69) is 9.73 Å². The number of alkyl halides is 3. The number of rotatable bonds is 2. The quantitative estimate of drug-likeness (QED) is 0.476. The smallest absolute Gasteiger partial charge is 0.406 e. The van der Waals surface area contributed by atoms with Gasteiger partial charge in [0.2, 0.25) is 0 Å². The van der Waals surface area contributed by atoms with E-state index >= 15 is 0 Å². The first-order valence-electron chi connectivity index (χ1n) is 4.38. The van der Waals surface area contributed by atoms with E-state index in [4.69, 9.17) is 11.5 Å². The monoisotopic (exact) mass is 265 g/mol. The van der Waals surface area contributed by atoms with Crippen molar-refractivity contribution in [2.24, 2.45) is 16.5 Å². The second-order valence-electron chi connectivity index (χ2n) is 3.03. The maximum atomic E-state index is 13.3. The van der Waals surface area contributed by atoms with Gasteiger partial charge in [0.15, 0.2) is 5.96 Å². The SMILES string of the molecule is NC(N)=NC(=O)c1ccc(OC(F)(F)F)cc1F. The first-order valence-corrected chi connectivity index (χ1v) is 4.38. The number of aliphatic imine (C=N–C) groups is 1. The maximum Gasteiger partial charge on any atom is 0.573 e. The molecule has 1 aromatic rings. The summed E-state index contributed by atoms with van der Waals surface area (Å²) >= 11 is 0. The number of guanidine groups is 1. The molecule has 0 aliphatic rings. The van der Waals surface area contributed by atoms with Crippen LogP contribution in [0, 0.1) is 5.82 Å². The fourth-order valence-corrected chi connectivity index (χ4v) is 1.04. The number of ether oxygens (including phenoxy) is 1. The zero-order valence-corrected chi connectivity index (χ0v) is 8.66. The number of halogens is 4. The van der Waals surface area contributed by atoms with Gasteiger partial charge in [0, 0.05) is 6.07 Å². The number of carbonyl (C=O) groups excluding carboxylic acids is 1. The Morgan fingerprint density at radius 2 is 1.89 bits per heavy atom. The second kappa shape index (κ2) is 4.90. The van der Waals surface area contributed by atoms with Crippen molar-refractivity contribution in [1.29, 1.82) is 0 Å². The molecule has 0 aliphatic heterocycles. The standard InChI is InChI=1S/C9H7F4N3O2/c10-6-3-4(18-9(11,12)13)1-2-5(6)7(17)16-8(14)15/h1-3H,(H4,14,15,16,17). The van der Waals surface area contributed by atoms with Gasteiger partial charge in [-0.1, -0.05) is 0 Å². The lowest BCUT2D eigenvalue weighted by atomic mass is 10.2. The number of hydrogen-bond donors (Lipinski definition) is 2. The van der Waals surface area contributed by atoms with Gasteiger partial charge in [0.05, 0.1) is 5.56 Å². The van der Waals surface area contributed by atoms with Crippen molar-refractivity contribution in [1.82, 2.24) is 0 Å². The fraction of sp³-hybridized carbons (Fsp3) is 0.111. The van der Waals surface area contributed by atoms with Crippen LogP contribution < -0.4 is 16.2 Å². The Balaban J connectivity index is 3.00. The third kappa shape index (κ3) is 3.92. The van der Waals surface area contributed by atoms with Gasteiger partial charge in [0.25, 0.3) is 5.91 Å². The number of nitrogens with two attached hydrogens (primary N) is 2. The van der Waals surface area contributed by atoms with Gasteiger partial charge in [-0.25, -0.2) is 4.39 Å². The molecule has 1 aromatic carbocycles. The van der Waals surface area contributed by atoms with Crippen LogP contribution in [0.5, 0.6) is 5.75 Å². The number of amides is 1. The topological polar surface area (TPSA) is 90.7 Å². The second-order valence-corrected chi connectivity index (χ2v) is 3.03. The summed E-state index contributed by atoms with van der Waals surface area (Å²) in [6.07, 6.45) is -4.95. The molecule has 1 amide bonds. The van der Waals surface area contributed by atoms with Crippen molar-refractivity contribution in [2.75, 3.05) is 0 Å². The molecular weight excluding hydrogens is 258 g/mol. The zero-order valence-electron chi connectivity index (χ0n) is 8.66. The van der Waals surface area contributed by atoms with Gasteiger partial charge in [-0.15, -0.1) is 13.2 Å². The minimum atomic E-state index is -4.95. The molecule has 0 radical (unpaired) electrons. The molecule has 0 unspecified atom stereocenters. The van der Waals surface area contributed by atoms with E-state index in [-0.39, 0.29) is 0 Å². The Morgan fingerprint density at radius 1 is 1.28 bits per heavy atom. The molecule has 0 bridgehead atoms. The fourth-order valence-electron chi connectivity index (χ4n) is 1.04. The highest BCUT2D eigenvalue weighted by Gasteiger charge is 2.31. The molecule has 4 N–H and O–H groups in total. The van der Waals surface area contributed by atoms with Gasteiger partial charge < -0.3 is 16.2 Å². The number of carbonyl (C=O) groups is 1. The van der Waals surface area contributed by atoms with E-state index in [9.17, 15) is 22.4 Å². The summed E-state index contributed by atoms with van der Waals surface area (Å²) in [4.78, 5) is 14.3. The normalized spacial score (nSPS) is 10.9. The molecular formula is C9H7F4N3O2. The molecule has 0 saturated heterocycles. The average Bonchev–Trinajstić information content (AvgIpc) is 2.13. The van der Waals surface area contributed by atoms with Crippen LogP contribution in [-0.4, -0.2) is 18.2 Å². The van der Waals surface area contributed by atoms with Crippen LogP contribution in [0.4, 0.5) is 17.6 Å². The Bertz CT molecular complexity index is 495. The van der Waals surface area contributed by atoms with Crippen LogP contribution in [-0.2, 0) is 0 Å². The summed E-state index contributed by atoms with van der Waals surface area (Å²) in [6, 6.07) is 1.96. The van der Waals surface area contributed by atoms with E-state index in [1.807, 2.05) is 0 Å². The van der Waals surface area contributed by atoms with Crippen LogP contribution in [0.2, 0.25) is 0 Å². The van der Waals surface area contributed by atoms with E-state index in [0.29, 0.717) is 6.07 Å². The maximum absolute atomic E-state index is 13.3. The van der Waals surface area contributed by atoms with Crippen LogP contribution >= 0.6 is 0 Å². The lowest BCUT2D eigenvalue weighted by molar-refractivity contribution is -0.274. The molecule has 1 rings (SSSR count). The summed E-state index contributed by atoms with van der Waals surface area (Å²) in [5.41, 5.74) is 9.24. The van der Waals surface area contributed by atoms with Gasteiger partial charge >= 0.3 is 6.36 Å². The molecule has 0 atom stereocenters.